The lowest BCUT2D eigenvalue weighted by atomic mass is 9.98. The van der Waals surface area contributed by atoms with Gasteiger partial charge in [-0.15, -0.1) is 0 Å². The summed E-state index contributed by atoms with van der Waals surface area (Å²) in [6, 6.07) is 5.91. The van der Waals surface area contributed by atoms with Gasteiger partial charge < -0.3 is 11.1 Å². The SMILES string of the molecule is NCc1nccnc1-c1ccc2c(c1)CCC(=O)N2. The van der Waals surface area contributed by atoms with Crippen LogP contribution in [-0.2, 0) is 17.8 Å². The molecule has 0 radical (unpaired) electrons. The lowest BCUT2D eigenvalue weighted by Crippen LogP contribution is -2.18. The van der Waals surface area contributed by atoms with E-state index in [0.29, 0.717) is 13.0 Å². The number of rotatable bonds is 2. The van der Waals surface area contributed by atoms with Crippen LogP contribution in [0.2, 0.25) is 0 Å². The van der Waals surface area contributed by atoms with Crippen LogP contribution in [0, 0.1) is 0 Å². The molecule has 1 aromatic carbocycles. The van der Waals surface area contributed by atoms with E-state index in [1.807, 2.05) is 12.1 Å². The number of fused-ring (bicyclic) bond motifs is 1. The number of anilines is 1. The van der Waals surface area contributed by atoms with Gasteiger partial charge in [-0.25, -0.2) is 0 Å². The Morgan fingerprint density at radius 2 is 2.05 bits per heavy atom. The molecule has 0 atom stereocenters. The van der Waals surface area contributed by atoms with Gasteiger partial charge >= 0.3 is 0 Å². The van der Waals surface area contributed by atoms with Crippen LogP contribution in [0.5, 0.6) is 0 Å². The highest BCUT2D eigenvalue weighted by Gasteiger charge is 2.16. The van der Waals surface area contributed by atoms with Crippen molar-refractivity contribution < 1.29 is 4.79 Å². The lowest BCUT2D eigenvalue weighted by Gasteiger charge is -2.17. The highest BCUT2D eigenvalue weighted by molar-refractivity contribution is 5.94. The predicted molar refractivity (Wildman–Crippen MR) is 72.3 cm³/mol. The summed E-state index contributed by atoms with van der Waals surface area (Å²) in [6.07, 6.45) is 4.59. The van der Waals surface area contributed by atoms with Crippen LogP contribution < -0.4 is 11.1 Å². The number of carbonyl (C=O) groups is 1. The fraction of sp³-hybridized carbons (Fsp3) is 0.214. The molecule has 1 aromatic heterocycles. The maximum atomic E-state index is 11.3. The molecule has 3 rings (SSSR count). The van der Waals surface area contributed by atoms with E-state index in [2.05, 4.69) is 21.4 Å². The van der Waals surface area contributed by atoms with Crippen molar-refractivity contribution in [2.75, 3.05) is 5.32 Å². The number of aromatic nitrogens is 2. The monoisotopic (exact) mass is 254 g/mol. The zero-order chi connectivity index (χ0) is 13.2. The van der Waals surface area contributed by atoms with Crippen LogP contribution in [-0.4, -0.2) is 15.9 Å². The number of amides is 1. The summed E-state index contributed by atoms with van der Waals surface area (Å²) in [6.45, 7) is 0.358. The molecule has 0 fully saturated rings. The fourth-order valence-corrected chi connectivity index (χ4v) is 2.29. The number of hydrogen-bond acceptors (Lipinski definition) is 4. The van der Waals surface area contributed by atoms with Gasteiger partial charge in [0, 0.05) is 36.6 Å². The van der Waals surface area contributed by atoms with Crippen LogP contribution in [0.3, 0.4) is 0 Å². The summed E-state index contributed by atoms with van der Waals surface area (Å²) >= 11 is 0. The van der Waals surface area contributed by atoms with E-state index in [1.54, 1.807) is 12.4 Å². The number of hydrogen-bond donors (Lipinski definition) is 2. The first-order chi connectivity index (χ1) is 9.28. The zero-order valence-electron chi connectivity index (χ0n) is 10.4. The Labute approximate surface area is 110 Å². The highest BCUT2D eigenvalue weighted by Crippen LogP contribution is 2.28. The van der Waals surface area contributed by atoms with Gasteiger partial charge in [0.1, 0.15) is 0 Å². The van der Waals surface area contributed by atoms with Gasteiger partial charge in [0.05, 0.1) is 11.4 Å². The van der Waals surface area contributed by atoms with E-state index < -0.39 is 0 Å². The molecule has 0 unspecified atom stereocenters. The van der Waals surface area contributed by atoms with Crippen molar-refractivity contribution in [3.05, 3.63) is 41.9 Å². The Kier molecular flexibility index (Phi) is 2.97. The third-order valence-corrected chi connectivity index (χ3v) is 3.24. The third kappa shape index (κ3) is 2.20. The second-order valence-corrected chi connectivity index (χ2v) is 4.48. The first-order valence-corrected chi connectivity index (χ1v) is 6.21. The summed E-state index contributed by atoms with van der Waals surface area (Å²) in [7, 11) is 0. The molecule has 3 N–H and O–H groups in total. The van der Waals surface area contributed by atoms with Gasteiger partial charge in [-0.1, -0.05) is 6.07 Å². The molecule has 1 amide bonds. The largest absolute Gasteiger partial charge is 0.326 e. The Bertz CT molecular complexity index is 639. The minimum Gasteiger partial charge on any atom is -0.326 e. The van der Waals surface area contributed by atoms with E-state index in [4.69, 9.17) is 5.73 Å². The molecule has 1 aliphatic heterocycles. The van der Waals surface area contributed by atoms with E-state index in [1.165, 1.54) is 0 Å². The topological polar surface area (TPSA) is 80.9 Å². The molecular formula is C14H14N4O. The zero-order valence-corrected chi connectivity index (χ0v) is 10.4. The second-order valence-electron chi connectivity index (χ2n) is 4.48. The summed E-state index contributed by atoms with van der Waals surface area (Å²) in [4.78, 5) is 19.9. The lowest BCUT2D eigenvalue weighted by molar-refractivity contribution is -0.116. The molecule has 0 aliphatic carbocycles. The minimum atomic E-state index is 0.0717. The number of nitrogens with zero attached hydrogens (tertiary/aromatic N) is 2. The van der Waals surface area contributed by atoms with Crippen molar-refractivity contribution in [1.82, 2.24) is 9.97 Å². The van der Waals surface area contributed by atoms with Crippen LogP contribution in [0.25, 0.3) is 11.3 Å². The Hall–Kier alpha value is -2.27. The summed E-state index contributed by atoms with van der Waals surface area (Å²) in [5.74, 6) is 0.0717. The van der Waals surface area contributed by atoms with E-state index in [-0.39, 0.29) is 5.91 Å². The second kappa shape index (κ2) is 4.78. The molecule has 0 saturated heterocycles. The van der Waals surface area contributed by atoms with Crippen LogP contribution >= 0.6 is 0 Å². The van der Waals surface area contributed by atoms with Gasteiger partial charge in [0.25, 0.3) is 0 Å². The molecular weight excluding hydrogens is 240 g/mol. The summed E-state index contributed by atoms with van der Waals surface area (Å²) in [5, 5.41) is 2.87. The minimum absolute atomic E-state index is 0.0717. The molecule has 96 valence electrons. The van der Waals surface area contributed by atoms with Gasteiger partial charge in [0.2, 0.25) is 5.91 Å². The molecule has 5 nitrogen and oxygen atoms in total. The number of aryl methyl sites for hydroxylation is 1. The fourth-order valence-electron chi connectivity index (χ4n) is 2.29. The molecule has 0 bridgehead atoms. The van der Waals surface area contributed by atoms with Crippen LogP contribution in [0.1, 0.15) is 17.7 Å². The summed E-state index contributed by atoms with van der Waals surface area (Å²) < 4.78 is 0. The smallest absolute Gasteiger partial charge is 0.224 e. The van der Waals surface area contributed by atoms with Gasteiger partial charge in [-0.3, -0.25) is 14.8 Å². The predicted octanol–water partition coefficient (Wildman–Crippen LogP) is 1.49. The molecule has 5 heteroatoms. The van der Waals surface area contributed by atoms with Crippen molar-refractivity contribution in [2.45, 2.75) is 19.4 Å². The Balaban J connectivity index is 2.05. The maximum Gasteiger partial charge on any atom is 0.224 e. The molecule has 2 aromatic rings. The van der Waals surface area contributed by atoms with Crippen LogP contribution in [0.4, 0.5) is 5.69 Å². The number of nitrogens with two attached hydrogens (primary N) is 1. The average Bonchev–Trinajstić information content (AvgIpc) is 2.46. The maximum absolute atomic E-state index is 11.3. The Morgan fingerprint density at radius 3 is 2.89 bits per heavy atom. The molecule has 0 saturated carbocycles. The summed E-state index contributed by atoms with van der Waals surface area (Å²) in [5.41, 5.74) is 10.3. The number of carbonyl (C=O) groups excluding carboxylic acids is 1. The third-order valence-electron chi connectivity index (χ3n) is 3.24. The molecule has 2 heterocycles. The van der Waals surface area contributed by atoms with Crippen molar-refractivity contribution in [2.24, 2.45) is 5.73 Å². The molecule has 0 spiro atoms. The number of benzene rings is 1. The van der Waals surface area contributed by atoms with Gasteiger partial charge in [0.15, 0.2) is 0 Å². The normalized spacial score (nSPS) is 13.8. The van der Waals surface area contributed by atoms with Crippen molar-refractivity contribution in [1.29, 1.82) is 0 Å². The van der Waals surface area contributed by atoms with Crippen molar-refractivity contribution in [3.8, 4) is 11.3 Å². The Morgan fingerprint density at radius 1 is 1.21 bits per heavy atom. The van der Waals surface area contributed by atoms with E-state index in [9.17, 15) is 4.79 Å². The number of nitrogens with one attached hydrogen (secondary N) is 1. The highest BCUT2D eigenvalue weighted by atomic mass is 16.1. The standard InChI is InChI=1S/C14H14N4O/c15-8-12-14(17-6-5-16-12)10-1-3-11-9(7-10)2-4-13(19)18-11/h1,3,5-7H,2,4,8,15H2,(H,18,19). The molecule has 1 aliphatic rings. The van der Waals surface area contributed by atoms with Crippen LogP contribution in [0.15, 0.2) is 30.6 Å². The van der Waals surface area contributed by atoms with Crippen molar-refractivity contribution >= 4 is 11.6 Å². The molecule has 19 heavy (non-hydrogen) atoms. The van der Waals surface area contributed by atoms with Gasteiger partial charge in [-0.05, 0) is 24.1 Å². The van der Waals surface area contributed by atoms with E-state index >= 15 is 0 Å². The van der Waals surface area contributed by atoms with Gasteiger partial charge in [-0.2, -0.15) is 0 Å². The first-order valence-electron chi connectivity index (χ1n) is 6.21. The first kappa shape index (κ1) is 11.8. The average molecular weight is 254 g/mol. The quantitative estimate of drug-likeness (QED) is 0.850. The van der Waals surface area contributed by atoms with E-state index in [0.717, 1.165) is 34.6 Å². The van der Waals surface area contributed by atoms with Crippen molar-refractivity contribution in [3.63, 3.8) is 0 Å².